The van der Waals surface area contributed by atoms with Crippen molar-refractivity contribution in [3.63, 3.8) is 0 Å². The highest BCUT2D eigenvalue weighted by Gasteiger charge is 2.19. The topological polar surface area (TPSA) is 40.0 Å². The number of halogens is 1. The molecule has 0 aromatic heterocycles. The molecule has 5 rings (SSSR count). The van der Waals surface area contributed by atoms with Crippen molar-refractivity contribution < 1.29 is 14.2 Å². The number of aliphatic imine (C=N–C) groups is 1. The number of nitrogens with zero attached hydrogens (tertiary/aromatic N) is 1. The van der Waals surface area contributed by atoms with Gasteiger partial charge in [-0.15, -0.1) is 12.4 Å². The average molecular weight is 500 g/mol. The lowest BCUT2D eigenvalue weighted by Crippen LogP contribution is -2.16. The minimum atomic E-state index is 0. The third kappa shape index (κ3) is 6.27. The molecule has 0 spiro atoms. The molecule has 1 heterocycles. The molecule has 36 heavy (non-hydrogen) atoms. The van der Waals surface area contributed by atoms with Crippen molar-refractivity contribution in [2.75, 3.05) is 13.7 Å². The molecule has 0 aliphatic carbocycles. The number of benzene rings is 4. The Kier molecular flexibility index (Phi) is 8.64. The minimum absolute atomic E-state index is 0. The van der Waals surface area contributed by atoms with E-state index < -0.39 is 0 Å². The van der Waals surface area contributed by atoms with Crippen LogP contribution in [-0.4, -0.2) is 19.4 Å². The third-order valence-electron chi connectivity index (χ3n) is 6.16. The van der Waals surface area contributed by atoms with Crippen LogP contribution >= 0.6 is 12.4 Å². The Balaban J connectivity index is 0.00000304. The summed E-state index contributed by atoms with van der Waals surface area (Å²) in [5, 5.41) is 0. The average Bonchev–Trinajstić information content (AvgIpc) is 2.92. The summed E-state index contributed by atoms with van der Waals surface area (Å²) < 4.78 is 17.7. The Bertz CT molecular complexity index is 1290. The van der Waals surface area contributed by atoms with Crippen molar-refractivity contribution in [1.82, 2.24) is 0 Å². The number of hydrogen-bond acceptors (Lipinski definition) is 4. The zero-order valence-electron chi connectivity index (χ0n) is 20.4. The zero-order valence-corrected chi connectivity index (χ0v) is 21.2. The van der Waals surface area contributed by atoms with E-state index in [-0.39, 0.29) is 12.4 Å². The fourth-order valence-corrected chi connectivity index (χ4v) is 4.27. The normalized spacial score (nSPS) is 12.1. The lowest BCUT2D eigenvalue weighted by Gasteiger charge is -2.21. The van der Waals surface area contributed by atoms with E-state index in [1.807, 2.05) is 48.5 Å². The summed E-state index contributed by atoms with van der Waals surface area (Å²) in [4.78, 5) is 4.87. The number of methoxy groups -OCH3 is 1. The van der Waals surface area contributed by atoms with Crippen LogP contribution in [0, 0.1) is 0 Å². The molecule has 0 unspecified atom stereocenters. The quantitative estimate of drug-likeness (QED) is 0.252. The Morgan fingerprint density at radius 1 is 0.694 bits per heavy atom. The van der Waals surface area contributed by atoms with Crippen molar-refractivity contribution >= 4 is 18.1 Å². The second-order valence-corrected chi connectivity index (χ2v) is 8.61. The molecule has 0 radical (unpaired) electrons. The predicted octanol–water partition coefficient (Wildman–Crippen LogP) is 6.86. The van der Waals surface area contributed by atoms with E-state index in [4.69, 9.17) is 19.2 Å². The molecule has 0 amide bonds. The van der Waals surface area contributed by atoms with Gasteiger partial charge in [-0.25, -0.2) is 0 Å². The van der Waals surface area contributed by atoms with Crippen LogP contribution in [0.1, 0.15) is 27.8 Å². The summed E-state index contributed by atoms with van der Waals surface area (Å²) in [6.45, 7) is 1.84. The van der Waals surface area contributed by atoms with Crippen LogP contribution in [0.4, 0.5) is 0 Å². The van der Waals surface area contributed by atoms with Crippen LogP contribution in [0.5, 0.6) is 17.2 Å². The molecule has 4 aromatic carbocycles. The van der Waals surface area contributed by atoms with Gasteiger partial charge in [0.15, 0.2) is 11.5 Å². The number of hydrogen-bond donors (Lipinski definition) is 0. The Labute approximate surface area is 219 Å². The zero-order chi connectivity index (χ0) is 23.9. The van der Waals surface area contributed by atoms with Gasteiger partial charge in [0, 0.05) is 24.2 Å². The molecule has 4 nitrogen and oxygen atoms in total. The van der Waals surface area contributed by atoms with Crippen LogP contribution in [0.3, 0.4) is 0 Å². The maximum absolute atomic E-state index is 6.16. The van der Waals surface area contributed by atoms with Gasteiger partial charge in [0.2, 0.25) is 0 Å². The number of fused-ring (bicyclic) bond motifs is 1. The number of ether oxygens (including phenoxy) is 3. The molecule has 4 aromatic rings. The minimum Gasteiger partial charge on any atom is -0.493 e. The van der Waals surface area contributed by atoms with Crippen LogP contribution < -0.4 is 14.2 Å². The van der Waals surface area contributed by atoms with E-state index in [0.717, 1.165) is 59.0 Å². The highest BCUT2D eigenvalue weighted by atomic mass is 35.5. The van der Waals surface area contributed by atoms with E-state index >= 15 is 0 Å². The van der Waals surface area contributed by atoms with Gasteiger partial charge in [-0.1, -0.05) is 72.8 Å². The molecule has 0 N–H and O–H groups in total. The predicted molar refractivity (Wildman–Crippen MR) is 147 cm³/mol. The van der Waals surface area contributed by atoms with Crippen LogP contribution in [0.2, 0.25) is 0 Å². The second-order valence-electron chi connectivity index (χ2n) is 8.61. The summed E-state index contributed by atoms with van der Waals surface area (Å²) in [6.07, 6.45) is 1.66. The first-order valence-corrected chi connectivity index (χ1v) is 12.0. The van der Waals surface area contributed by atoms with Crippen LogP contribution in [-0.2, 0) is 26.1 Å². The van der Waals surface area contributed by atoms with E-state index in [0.29, 0.717) is 13.2 Å². The van der Waals surface area contributed by atoms with Gasteiger partial charge in [-0.05, 0) is 52.9 Å². The highest BCUT2D eigenvalue weighted by molar-refractivity contribution is 6.04. The Morgan fingerprint density at radius 2 is 1.33 bits per heavy atom. The van der Waals surface area contributed by atoms with Crippen molar-refractivity contribution in [2.24, 2.45) is 4.99 Å². The third-order valence-corrected chi connectivity index (χ3v) is 6.16. The first kappa shape index (κ1) is 25.3. The van der Waals surface area contributed by atoms with Crippen molar-refractivity contribution in [3.05, 3.63) is 125 Å². The maximum Gasteiger partial charge on any atom is 0.162 e. The molecule has 0 saturated heterocycles. The van der Waals surface area contributed by atoms with Gasteiger partial charge in [0.1, 0.15) is 19.0 Å². The van der Waals surface area contributed by atoms with E-state index in [2.05, 4.69) is 48.5 Å². The number of rotatable bonds is 9. The summed E-state index contributed by atoms with van der Waals surface area (Å²) in [5.74, 6) is 2.38. The standard InChI is InChI=1S/C31H29NO3.ClH/c1-33-30-19-26-16-17-32-29(28(26)20-31(30)35-22-25-10-6-3-7-11-25)18-23-12-14-27(15-13-23)34-21-24-8-4-2-5-9-24;/h2-15,19-20H,16-18,21-22H2,1H3;1H. The summed E-state index contributed by atoms with van der Waals surface area (Å²) in [7, 11) is 1.69. The van der Waals surface area contributed by atoms with Crippen molar-refractivity contribution in [2.45, 2.75) is 26.1 Å². The largest absolute Gasteiger partial charge is 0.493 e. The smallest absolute Gasteiger partial charge is 0.162 e. The van der Waals surface area contributed by atoms with Gasteiger partial charge in [0.25, 0.3) is 0 Å². The Hall–Kier alpha value is -3.76. The maximum atomic E-state index is 6.16. The van der Waals surface area contributed by atoms with Gasteiger partial charge in [-0.3, -0.25) is 4.99 Å². The molecule has 5 heteroatoms. The van der Waals surface area contributed by atoms with Gasteiger partial charge in [0.05, 0.1) is 7.11 Å². The Morgan fingerprint density at radius 3 is 1.97 bits per heavy atom. The summed E-state index contributed by atoms with van der Waals surface area (Å²) in [5.41, 5.74) is 6.95. The first-order chi connectivity index (χ1) is 17.3. The first-order valence-electron chi connectivity index (χ1n) is 12.0. The SMILES string of the molecule is COc1cc2c(cc1OCc1ccccc1)C(Cc1ccc(OCc3ccccc3)cc1)=NCC2.Cl. The van der Waals surface area contributed by atoms with E-state index in [1.165, 1.54) is 11.1 Å². The molecular formula is C31H30ClNO3. The fraction of sp³-hybridized carbons (Fsp3) is 0.194. The molecule has 0 atom stereocenters. The molecule has 0 bridgehead atoms. The molecule has 0 saturated carbocycles. The molecule has 184 valence electrons. The van der Waals surface area contributed by atoms with Crippen molar-refractivity contribution in [3.8, 4) is 17.2 Å². The second kappa shape index (κ2) is 12.3. The van der Waals surface area contributed by atoms with Gasteiger partial charge < -0.3 is 14.2 Å². The molecular weight excluding hydrogens is 470 g/mol. The van der Waals surface area contributed by atoms with Crippen LogP contribution in [0.25, 0.3) is 0 Å². The van der Waals surface area contributed by atoms with E-state index in [9.17, 15) is 0 Å². The van der Waals surface area contributed by atoms with Crippen LogP contribution in [0.15, 0.2) is 102 Å². The molecule has 1 aliphatic heterocycles. The monoisotopic (exact) mass is 499 g/mol. The molecule has 0 fully saturated rings. The molecule has 1 aliphatic rings. The lowest BCUT2D eigenvalue weighted by atomic mass is 9.93. The van der Waals surface area contributed by atoms with E-state index in [1.54, 1.807) is 7.11 Å². The van der Waals surface area contributed by atoms with Gasteiger partial charge >= 0.3 is 0 Å². The highest BCUT2D eigenvalue weighted by Crippen LogP contribution is 2.34. The summed E-state index contributed by atoms with van der Waals surface area (Å²) in [6, 6.07) is 32.9. The van der Waals surface area contributed by atoms with Crippen molar-refractivity contribution in [1.29, 1.82) is 0 Å². The summed E-state index contributed by atoms with van der Waals surface area (Å²) >= 11 is 0. The van der Waals surface area contributed by atoms with Gasteiger partial charge in [-0.2, -0.15) is 0 Å². The lowest BCUT2D eigenvalue weighted by molar-refractivity contribution is 0.284. The fourth-order valence-electron chi connectivity index (χ4n) is 4.27.